The Balaban J connectivity index is 0.000000345. The summed E-state index contributed by atoms with van der Waals surface area (Å²) in [4.78, 5) is 0. The Labute approximate surface area is 429 Å². The van der Waals surface area contributed by atoms with Crippen LogP contribution in [0.4, 0.5) is 0 Å². The van der Waals surface area contributed by atoms with Crippen LogP contribution < -0.4 is 28.4 Å². The van der Waals surface area contributed by atoms with Crippen LogP contribution in [0.3, 0.4) is 0 Å². The van der Waals surface area contributed by atoms with Crippen molar-refractivity contribution in [2.24, 2.45) is 0 Å². The standard InChI is InChI=1S/3C19H20O3.2Pd/c3*1-21-18-11-5-15(6-12-18)3-9-17(20)10-4-16-7-13-19(22-2)14-8-16;;/h3*3,5-14,20H,4H2,1-2H3;;/b3*9-3+,17-10-;;. The van der Waals surface area contributed by atoms with Crippen LogP contribution in [0.15, 0.2) is 199 Å². The van der Waals surface area contributed by atoms with Crippen molar-refractivity contribution in [2.75, 3.05) is 42.7 Å². The quantitative estimate of drug-likeness (QED) is 0.0440. The molecule has 0 aliphatic carbocycles. The Hall–Kier alpha value is -6.72. The van der Waals surface area contributed by atoms with Crippen molar-refractivity contribution < 1.29 is 84.6 Å². The number of hydrogen-bond donors (Lipinski definition) is 3. The summed E-state index contributed by atoms with van der Waals surface area (Å²) < 4.78 is 30.7. The van der Waals surface area contributed by atoms with Crippen LogP contribution in [-0.4, -0.2) is 58.0 Å². The predicted molar refractivity (Wildman–Crippen MR) is 268 cm³/mol. The van der Waals surface area contributed by atoms with Gasteiger partial charge in [-0.15, -0.1) is 0 Å². The minimum Gasteiger partial charge on any atom is -0.508 e. The van der Waals surface area contributed by atoms with Gasteiger partial charge in [-0.2, -0.15) is 0 Å². The zero-order chi connectivity index (χ0) is 47.4. The Bertz CT molecular complexity index is 2210. The van der Waals surface area contributed by atoms with Gasteiger partial charge in [-0.3, -0.25) is 0 Å². The molecular weight excluding hydrogens is 1040 g/mol. The van der Waals surface area contributed by atoms with Crippen molar-refractivity contribution in [1.29, 1.82) is 0 Å². The van der Waals surface area contributed by atoms with Gasteiger partial charge in [0.25, 0.3) is 0 Å². The molecule has 0 heterocycles. The maximum absolute atomic E-state index is 9.90. The van der Waals surface area contributed by atoms with Gasteiger partial charge in [-0.25, -0.2) is 0 Å². The molecule has 0 saturated heterocycles. The van der Waals surface area contributed by atoms with Crippen LogP contribution in [-0.2, 0) is 60.1 Å². The Kier molecular flexibility index (Phi) is 27.8. The van der Waals surface area contributed by atoms with Crippen molar-refractivity contribution in [1.82, 2.24) is 0 Å². The molecule has 0 bridgehead atoms. The van der Waals surface area contributed by atoms with Crippen LogP contribution in [0.2, 0.25) is 0 Å². The van der Waals surface area contributed by atoms with E-state index in [9.17, 15) is 15.3 Å². The van der Waals surface area contributed by atoms with E-state index in [1.54, 1.807) is 79.1 Å². The second-order valence-electron chi connectivity index (χ2n) is 14.4. The summed E-state index contributed by atoms with van der Waals surface area (Å²) in [6, 6.07) is 46.3. The smallest absolute Gasteiger partial charge is 0.118 e. The zero-order valence-corrected chi connectivity index (χ0v) is 42.2. The van der Waals surface area contributed by atoms with Crippen molar-refractivity contribution in [3.8, 4) is 34.5 Å². The number of methoxy groups -OCH3 is 6. The van der Waals surface area contributed by atoms with E-state index in [2.05, 4.69) is 0 Å². The zero-order valence-electron chi connectivity index (χ0n) is 39.1. The molecule has 0 fully saturated rings. The maximum atomic E-state index is 9.90. The molecule has 0 radical (unpaired) electrons. The normalized spacial score (nSPS) is 11.3. The van der Waals surface area contributed by atoms with Gasteiger partial charge < -0.3 is 43.7 Å². The Morgan fingerprint density at radius 2 is 0.485 bits per heavy atom. The van der Waals surface area contributed by atoms with Gasteiger partial charge in [-0.1, -0.05) is 91.0 Å². The van der Waals surface area contributed by atoms with Crippen LogP contribution in [0.25, 0.3) is 18.2 Å². The van der Waals surface area contributed by atoms with Crippen LogP contribution in [0.1, 0.15) is 33.4 Å². The average molecular weight is 1100 g/mol. The van der Waals surface area contributed by atoms with Gasteiger partial charge in [0, 0.05) is 40.8 Å². The fraction of sp³-hybridized carbons (Fsp3) is 0.158. The molecule has 0 amide bonds. The fourth-order valence-electron chi connectivity index (χ4n) is 5.85. The van der Waals surface area contributed by atoms with E-state index in [1.807, 2.05) is 164 Å². The molecule has 0 unspecified atom stereocenters. The van der Waals surface area contributed by atoms with E-state index in [4.69, 9.17) is 28.4 Å². The van der Waals surface area contributed by atoms with E-state index >= 15 is 0 Å². The molecule has 9 nitrogen and oxygen atoms in total. The van der Waals surface area contributed by atoms with E-state index in [0.717, 1.165) is 67.9 Å². The van der Waals surface area contributed by atoms with Gasteiger partial charge in [-0.05, 0) is 162 Å². The summed E-state index contributed by atoms with van der Waals surface area (Å²) in [5, 5.41) is 29.7. The number of allylic oxidation sites excluding steroid dienone is 6. The molecule has 0 aromatic heterocycles. The summed E-state index contributed by atoms with van der Waals surface area (Å²) in [7, 11) is 9.84. The summed E-state index contributed by atoms with van der Waals surface area (Å²) in [6.07, 6.45) is 18.0. The maximum Gasteiger partial charge on any atom is 0.118 e. The number of hydrogen-bond acceptors (Lipinski definition) is 9. The molecule has 362 valence electrons. The summed E-state index contributed by atoms with van der Waals surface area (Å²) in [6.45, 7) is 0. The number of benzene rings is 6. The monoisotopic (exact) mass is 1100 g/mol. The van der Waals surface area contributed by atoms with Gasteiger partial charge in [0.05, 0.1) is 42.7 Å². The molecule has 3 N–H and O–H groups in total. The summed E-state index contributed by atoms with van der Waals surface area (Å²) >= 11 is 0. The van der Waals surface area contributed by atoms with Crippen LogP contribution in [0, 0.1) is 0 Å². The number of rotatable bonds is 18. The average Bonchev–Trinajstić information content (AvgIpc) is 3.38. The van der Waals surface area contributed by atoms with Crippen molar-refractivity contribution >= 4 is 18.2 Å². The first-order chi connectivity index (χ1) is 32.1. The molecular formula is C57H60O9Pd2. The minimum atomic E-state index is 0. The van der Waals surface area contributed by atoms with Gasteiger partial charge in [0.1, 0.15) is 51.8 Å². The third-order valence-electron chi connectivity index (χ3n) is 9.80. The minimum absolute atomic E-state index is 0. The Morgan fingerprint density at radius 1 is 0.309 bits per heavy atom. The molecule has 6 aromatic carbocycles. The van der Waals surface area contributed by atoms with Gasteiger partial charge in [0.2, 0.25) is 0 Å². The Morgan fingerprint density at radius 3 is 0.662 bits per heavy atom. The number of ether oxygens (including phenoxy) is 6. The molecule has 6 rings (SSSR count). The van der Waals surface area contributed by atoms with E-state index in [-0.39, 0.29) is 58.1 Å². The van der Waals surface area contributed by atoms with Crippen LogP contribution >= 0.6 is 0 Å². The number of aliphatic hydroxyl groups is 3. The van der Waals surface area contributed by atoms with E-state index in [0.29, 0.717) is 19.3 Å². The predicted octanol–water partition coefficient (Wildman–Crippen LogP) is 13.2. The van der Waals surface area contributed by atoms with E-state index < -0.39 is 0 Å². The SMILES string of the molecule is COc1ccc(/C=C/C(O)=C/Cc2ccc(OC)cc2)cc1.COc1ccc(/C=C/C(O)=C/Cc2ccc(OC)cc2)cc1.COc1ccc(/C=C/C(O)=C/Cc2ccc(OC)cc2)cc1.[Pd].[Pd]. The summed E-state index contributed by atoms with van der Waals surface area (Å²) in [5.41, 5.74) is 6.36. The topological polar surface area (TPSA) is 116 Å². The molecule has 11 heteroatoms. The first-order valence-electron chi connectivity index (χ1n) is 21.2. The largest absolute Gasteiger partial charge is 0.508 e. The first-order valence-corrected chi connectivity index (χ1v) is 21.2. The second-order valence-corrected chi connectivity index (χ2v) is 14.4. The fourth-order valence-corrected chi connectivity index (χ4v) is 5.85. The van der Waals surface area contributed by atoms with Crippen molar-refractivity contribution in [3.63, 3.8) is 0 Å². The molecule has 0 atom stereocenters. The third kappa shape index (κ3) is 22.2. The van der Waals surface area contributed by atoms with Gasteiger partial charge >= 0.3 is 0 Å². The molecule has 6 aromatic rings. The van der Waals surface area contributed by atoms with E-state index in [1.165, 1.54) is 0 Å². The number of aliphatic hydroxyl groups excluding tert-OH is 3. The third-order valence-corrected chi connectivity index (χ3v) is 9.80. The van der Waals surface area contributed by atoms with Gasteiger partial charge in [0.15, 0.2) is 0 Å². The van der Waals surface area contributed by atoms with Crippen molar-refractivity contribution in [3.05, 3.63) is 233 Å². The van der Waals surface area contributed by atoms with Crippen LogP contribution in [0.5, 0.6) is 34.5 Å². The molecule has 0 spiro atoms. The second kappa shape index (κ2) is 32.9. The molecule has 68 heavy (non-hydrogen) atoms. The molecule has 0 aliphatic rings. The summed E-state index contributed by atoms with van der Waals surface area (Å²) in [5.74, 6) is 5.67. The molecule has 0 saturated carbocycles. The van der Waals surface area contributed by atoms with Crippen molar-refractivity contribution in [2.45, 2.75) is 19.3 Å². The molecule has 0 aliphatic heterocycles. The first kappa shape index (κ1) is 57.4.